The SMILES string of the molecule is CC1COCC1Nc1nc(NC2COCC2C)nc(-c2cccc(Cl)n2)n1. The number of pyridine rings is 1. The Bertz CT molecular complexity index is 767. The van der Waals surface area contributed by atoms with Crippen LogP contribution in [-0.2, 0) is 9.47 Å². The molecule has 0 saturated carbocycles. The first-order valence-corrected chi connectivity index (χ1v) is 9.54. The molecular weight excluding hydrogens is 368 g/mol. The predicted octanol–water partition coefficient (Wildman–Crippen LogP) is 2.48. The highest BCUT2D eigenvalue weighted by atomic mass is 35.5. The molecule has 0 amide bonds. The van der Waals surface area contributed by atoms with Crippen LogP contribution < -0.4 is 10.6 Å². The van der Waals surface area contributed by atoms with E-state index in [1.54, 1.807) is 6.07 Å². The molecule has 0 spiro atoms. The second kappa shape index (κ2) is 7.92. The number of hydrogen-bond acceptors (Lipinski definition) is 8. The van der Waals surface area contributed by atoms with Crippen molar-refractivity contribution in [3.05, 3.63) is 23.4 Å². The maximum absolute atomic E-state index is 6.04. The molecule has 0 aliphatic carbocycles. The standard InChI is InChI=1S/C18H23ClN6O2/c1-10-6-26-8-13(10)21-17-23-16(12-4-3-5-15(19)20-12)24-18(25-17)22-14-9-27-7-11(14)2/h3-5,10-11,13-14H,6-9H2,1-2H3,(H2,21,22,23,24,25). The summed E-state index contributed by atoms with van der Waals surface area (Å²) in [6.07, 6.45) is 0. The molecule has 0 bridgehead atoms. The first-order chi connectivity index (χ1) is 13.1. The van der Waals surface area contributed by atoms with Gasteiger partial charge in [0.1, 0.15) is 10.8 Å². The molecule has 2 aromatic rings. The number of ether oxygens (including phenoxy) is 2. The minimum absolute atomic E-state index is 0.161. The number of hydrogen-bond donors (Lipinski definition) is 2. The Labute approximate surface area is 163 Å². The summed E-state index contributed by atoms with van der Waals surface area (Å²) in [5, 5.41) is 7.14. The summed E-state index contributed by atoms with van der Waals surface area (Å²) < 4.78 is 11.1. The van der Waals surface area contributed by atoms with E-state index in [0.29, 0.717) is 53.6 Å². The second-order valence-corrected chi connectivity index (χ2v) is 7.57. The van der Waals surface area contributed by atoms with Crippen LogP contribution in [0.25, 0.3) is 11.5 Å². The van der Waals surface area contributed by atoms with Crippen molar-refractivity contribution in [3.8, 4) is 11.5 Å². The van der Waals surface area contributed by atoms with Crippen LogP contribution in [0.15, 0.2) is 18.2 Å². The maximum Gasteiger partial charge on any atom is 0.228 e. The van der Waals surface area contributed by atoms with Crippen molar-refractivity contribution in [3.63, 3.8) is 0 Å². The quantitative estimate of drug-likeness (QED) is 0.752. The van der Waals surface area contributed by atoms with E-state index in [0.717, 1.165) is 13.2 Å². The molecule has 8 nitrogen and oxygen atoms in total. The smallest absolute Gasteiger partial charge is 0.228 e. The monoisotopic (exact) mass is 390 g/mol. The summed E-state index contributed by atoms with van der Waals surface area (Å²) >= 11 is 6.04. The van der Waals surface area contributed by atoms with Crippen LogP contribution in [0.2, 0.25) is 5.15 Å². The number of halogens is 1. The van der Waals surface area contributed by atoms with Crippen LogP contribution in [-0.4, -0.2) is 58.4 Å². The zero-order chi connectivity index (χ0) is 18.8. The third-order valence-corrected chi connectivity index (χ3v) is 5.15. The summed E-state index contributed by atoms with van der Waals surface area (Å²) in [6.45, 7) is 7.01. The molecule has 144 valence electrons. The molecular formula is C18H23ClN6O2. The van der Waals surface area contributed by atoms with Crippen LogP contribution >= 0.6 is 11.6 Å². The maximum atomic E-state index is 6.04. The van der Waals surface area contributed by atoms with E-state index < -0.39 is 0 Å². The van der Waals surface area contributed by atoms with Crippen LogP contribution in [0.5, 0.6) is 0 Å². The number of anilines is 2. The lowest BCUT2D eigenvalue weighted by molar-refractivity contribution is 0.187. The Morgan fingerprint density at radius 3 is 1.93 bits per heavy atom. The predicted molar refractivity (Wildman–Crippen MR) is 103 cm³/mol. The third-order valence-electron chi connectivity index (χ3n) is 4.94. The van der Waals surface area contributed by atoms with Gasteiger partial charge >= 0.3 is 0 Å². The van der Waals surface area contributed by atoms with Crippen LogP contribution in [0.1, 0.15) is 13.8 Å². The molecule has 27 heavy (non-hydrogen) atoms. The lowest BCUT2D eigenvalue weighted by atomic mass is 10.1. The molecule has 2 saturated heterocycles. The van der Waals surface area contributed by atoms with Gasteiger partial charge in [-0.3, -0.25) is 0 Å². The number of aromatic nitrogens is 4. The fourth-order valence-corrected chi connectivity index (χ4v) is 3.34. The average Bonchev–Trinajstić information content (AvgIpc) is 3.23. The Morgan fingerprint density at radius 1 is 0.852 bits per heavy atom. The van der Waals surface area contributed by atoms with Crippen molar-refractivity contribution in [2.45, 2.75) is 25.9 Å². The van der Waals surface area contributed by atoms with Gasteiger partial charge in [-0.15, -0.1) is 0 Å². The molecule has 4 rings (SSSR count). The van der Waals surface area contributed by atoms with Crippen molar-refractivity contribution in [1.29, 1.82) is 0 Å². The van der Waals surface area contributed by atoms with Gasteiger partial charge in [0.2, 0.25) is 11.9 Å². The summed E-state index contributed by atoms with van der Waals surface area (Å²) in [4.78, 5) is 18.0. The molecule has 0 aromatic carbocycles. The summed E-state index contributed by atoms with van der Waals surface area (Å²) in [5.74, 6) is 2.23. The number of nitrogens with one attached hydrogen (secondary N) is 2. The van der Waals surface area contributed by atoms with Gasteiger partial charge in [-0.1, -0.05) is 31.5 Å². The van der Waals surface area contributed by atoms with Crippen molar-refractivity contribution >= 4 is 23.5 Å². The molecule has 4 heterocycles. The number of nitrogens with zero attached hydrogens (tertiary/aromatic N) is 4. The van der Waals surface area contributed by atoms with E-state index in [-0.39, 0.29) is 12.1 Å². The fourth-order valence-electron chi connectivity index (χ4n) is 3.17. The molecule has 2 aliphatic heterocycles. The first kappa shape index (κ1) is 18.3. The molecule has 4 atom stereocenters. The Hall–Kier alpha value is -2.03. The molecule has 2 fully saturated rings. The van der Waals surface area contributed by atoms with Crippen molar-refractivity contribution in [2.75, 3.05) is 37.1 Å². The van der Waals surface area contributed by atoms with E-state index in [4.69, 9.17) is 21.1 Å². The Balaban J connectivity index is 1.64. The zero-order valence-electron chi connectivity index (χ0n) is 15.4. The molecule has 2 aromatic heterocycles. The summed E-state index contributed by atoms with van der Waals surface area (Å²) in [6, 6.07) is 5.70. The van der Waals surface area contributed by atoms with E-state index in [2.05, 4.69) is 44.4 Å². The minimum atomic E-state index is 0.161. The summed E-state index contributed by atoms with van der Waals surface area (Å²) in [7, 11) is 0. The molecule has 2 aliphatic rings. The highest BCUT2D eigenvalue weighted by molar-refractivity contribution is 6.29. The van der Waals surface area contributed by atoms with Crippen LogP contribution in [0, 0.1) is 11.8 Å². The third kappa shape index (κ3) is 4.28. The molecule has 9 heteroatoms. The van der Waals surface area contributed by atoms with Crippen LogP contribution in [0.3, 0.4) is 0 Å². The highest BCUT2D eigenvalue weighted by Crippen LogP contribution is 2.23. The lowest BCUT2D eigenvalue weighted by Gasteiger charge is -2.18. The molecule has 4 unspecified atom stereocenters. The van der Waals surface area contributed by atoms with Crippen molar-refractivity contribution in [2.24, 2.45) is 11.8 Å². The van der Waals surface area contributed by atoms with E-state index in [1.165, 1.54) is 0 Å². The lowest BCUT2D eigenvalue weighted by Crippen LogP contribution is -2.29. The second-order valence-electron chi connectivity index (χ2n) is 7.18. The topological polar surface area (TPSA) is 94.1 Å². The van der Waals surface area contributed by atoms with Gasteiger partial charge in [0.15, 0.2) is 5.82 Å². The van der Waals surface area contributed by atoms with E-state index >= 15 is 0 Å². The normalized spacial score (nSPS) is 27.7. The van der Waals surface area contributed by atoms with Gasteiger partial charge in [0.05, 0.1) is 38.5 Å². The van der Waals surface area contributed by atoms with Crippen molar-refractivity contribution < 1.29 is 9.47 Å². The average molecular weight is 391 g/mol. The van der Waals surface area contributed by atoms with Crippen LogP contribution in [0.4, 0.5) is 11.9 Å². The van der Waals surface area contributed by atoms with Crippen molar-refractivity contribution in [1.82, 2.24) is 19.9 Å². The molecule has 2 N–H and O–H groups in total. The Kier molecular flexibility index (Phi) is 5.38. The molecule has 0 radical (unpaired) electrons. The largest absolute Gasteiger partial charge is 0.379 e. The van der Waals surface area contributed by atoms with Gasteiger partial charge in [0, 0.05) is 11.8 Å². The number of rotatable bonds is 5. The van der Waals surface area contributed by atoms with Gasteiger partial charge < -0.3 is 20.1 Å². The van der Waals surface area contributed by atoms with Gasteiger partial charge in [-0.05, 0) is 12.1 Å². The summed E-state index contributed by atoms with van der Waals surface area (Å²) in [5.41, 5.74) is 0.599. The van der Waals surface area contributed by atoms with Gasteiger partial charge in [0.25, 0.3) is 0 Å². The van der Waals surface area contributed by atoms with Gasteiger partial charge in [-0.25, -0.2) is 4.98 Å². The zero-order valence-corrected chi connectivity index (χ0v) is 16.1. The first-order valence-electron chi connectivity index (χ1n) is 9.16. The van der Waals surface area contributed by atoms with E-state index in [9.17, 15) is 0 Å². The van der Waals surface area contributed by atoms with Gasteiger partial charge in [-0.2, -0.15) is 15.0 Å². The minimum Gasteiger partial charge on any atom is -0.379 e. The fraction of sp³-hybridized carbons (Fsp3) is 0.556. The van der Waals surface area contributed by atoms with E-state index in [1.807, 2.05) is 12.1 Å². The Morgan fingerprint density at radius 2 is 1.44 bits per heavy atom. The highest BCUT2D eigenvalue weighted by Gasteiger charge is 2.27.